The number of nitrogens with one attached hydrogen (secondary N) is 1. The quantitative estimate of drug-likeness (QED) is 0.753. The van der Waals surface area contributed by atoms with Crippen LogP contribution in [0.1, 0.15) is 23.0 Å². The van der Waals surface area contributed by atoms with E-state index in [1.165, 1.54) is 0 Å². The lowest BCUT2D eigenvalue weighted by molar-refractivity contribution is -0.121. The number of methoxy groups -OCH3 is 1. The fourth-order valence-electron chi connectivity index (χ4n) is 2.78. The van der Waals surface area contributed by atoms with Gasteiger partial charge in [0.25, 0.3) is 0 Å². The summed E-state index contributed by atoms with van der Waals surface area (Å²) in [5.41, 5.74) is 1.90. The highest BCUT2D eigenvalue weighted by Gasteiger charge is 2.20. The van der Waals surface area contributed by atoms with E-state index in [1.807, 2.05) is 72.4 Å². The summed E-state index contributed by atoms with van der Waals surface area (Å²) in [6.07, 6.45) is 3.89. The lowest BCUT2D eigenvalue weighted by Crippen LogP contribution is -2.32. The van der Waals surface area contributed by atoms with Crippen LogP contribution in [0.2, 0.25) is 0 Å². The molecular weight excluding hydrogens is 314 g/mol. The highest BCUT2D eigenvalue weighted by Crippen LogP contribution is 2.20. The fraction of sp³-hybridized carbons (Fsp3) is 0.200. The normalized spacial score (nSPS) is 11.8. The average Bonchev–Trinajstić information content (AvgIpc) is 3.06. The Morgan fingerprint density at radius 2 is 2.00 bits per heavy atom. The Hall–Kier alpha value is -3.08. The molecule has 0 aliphatic rings. The number of aromatic nitrogens is 2. The third-order valence-corrected chi connectivity index (χ3v) is 4.05. The molecule has 1 aromatic heterocycles. The van der Waals surface area contributed by atoms with E-state index >= 15 is 0 Å². The number of hydrogen-bond donors (Lipinski definition) is 1. The summed E-state index contributed by atoms with van der Waals surface area (Å²) in [5, 5.41) is 3.10. The Balaban J connectivity index is 1.80. The predicted molar refractivity (Wildman–Crippen MR) is 96.3 cm³/mol. The Labute approximate surface area is 147 Å². The van der Waals surface area contributed by atoms with Gasteiger partial charge < -0.3 is 14.6 Å². The van der Waals surface area contributed by atoms with Crippen molar-refractivity contribution in [3.8, 4) is 5.75 Å². The molecule has 25 heavy (non-hydrogen) atoms. The molecule has 2 aromatic carbocycles. The maximum atomic E-state index is 12.6. The molecule has 0 fully saturated rings. The molecule has 5 heteroatoms. The van der Waals surface area contributed by atoms with E-state index in [0.29, 0.717) is 0 Å². The summed E-state index contributed by atoms with van der Waals surface area (Å²) < 4.78 is 7.14. The standard InChI is InChI=1S/C20H21N3O2/c1-23-12-11-21-20(23)19(16-8-4-3-5-9-16)22-18(24)14-15-7-6-10-17(13-15)25-2/h3-13,19H,14H2,1-2H3,(H,22,24)/t19-/m0/s1. The Bertz CT molecular complexity index is 843. The van der Waals surface area contributed by atoms with Crippen molar-refractivity contribution in [1.29, 1.82) is 0 Å². The molecule has 0 bridgehead atoms. The number of aryl methyl sites for hydroxylation is 1. The van der Waals surface area contributed by atoms with Crippen LogP contribution in [0.3, 0.4) is 0 Å². The van der Waals surface area contributed by atoms with Gasteiger partial charge in [-0.2, -0.15) is 0 Å². The van der Waals surface area contributed by atoms with Gasteiger partial charge in [-0.1, -0.05) is 42.5 Å². The van der Waals surface area contributed by atoms with E-state index in [1.54, 1.807) is 13.3 Å². The van der Waals surface area contributed by atoms with E-state index < -0.39 is 0 Å². The number of benzene rings is 2. The molecule has 3 aromatic rings. The van der Waals surface area contributed by atoms with Crippen LogP contribution in [0, 0.1) is 0 Å². The van der Waals surface area contributed by atoms with E-state index in [9.17, 15) is 4.79 Å². The van der Waals surface area contributed by atoms with E-state index in [4.69, 9.17) is 4.74 Å². The molecule has 0 aliphatic carbocycles. The van der Waals surface area contributed by atoms with Gasteiger partial charge in [0.05, 0.1) is 13.5 Å². The van der Waals surface area contributed by atoms with Crippen LogP contribution in [0.5, 0.6) is 5.75 Å². The third-order valence-electron chi connectivity index (χ3n) is 4.05. The number of carbonyl (C=O) groups is 1. The maximum absolute atomic E-state index is 12.6. The van der Waals surface area contributed by atoms with Crippen molar-refractivity contribution < 1.29 is 9.53 Å². The molecule has 1 amide bonds. The number of rotatable bonds is 6. The van der Waals surface area contributed by atoms with Crippen molar-refractivity contribution >= 4 is 5.91 Å². The molecule has 0 unspecified atom stereocenters. The van der Waals surface area contributed by atoms with Gasteiger partial charge in [0.1, 0.15) is 17.6 Å². The van der Waals surface area contributed by atoms with Gasteiger partial charge in [0, 0.05) is 19.4 Å². The number of carbonyl (C=O) groups excluding carboxylic acids is 1. The molecule has 128 valence electrons. The van der Waals surface area contributed by atoms with Gasteiger partial charge in [0.15, 0.2) is 0 Å². The molecule has 1 heterocycles. The molecule has 5 nitrogen and oxygen atoms in total. The summed E-state index contributed by atoms with van der Waals surface area (Å²) >= 11 is 0. The number of hydrogen-bond acceptors (Lipinski definition) is 3. The molecular formula is C20H21N3O2. The van der Waals surface area contributed by atoms with E-state index in [2.05, 4.69) is 10.3 Å². The molecule has 1 N–H and O–H groups in total. The van der Waals surface area contributed by atoms with Crippen molar-refractivity contribution in [1.82, 2.24) is 14.9 Å². The average molecular weight is 335 g/mol. The minimum atomic E-state index is -0.292. The summed E-state index contributed by atoms with van der Waals surface area (Å²) in [6.45, 7) is 0. The fourth-order valence-corrected chi connectivity index (χ4v) is 2.78. The Morgan fingerprint density at radius 3 is 2.68 bits per heavy atom. The first-order chi connectivity index (χ1) is 12.2. The first-order valence-electron chi connectivity index (χ1n) is 8.12. The van der Waals surface area contributed by atoms with Gasteiger partial charge in [0.2, 0.25) is 5.91 Å². The number of nitrogens with zero attached hydrogens (tertiary/aromatic N) is 2. The number of imidazole rings is 1. The van der Waals surface area contributed by atoms with Crippen molar-refractivity contribution in [2.24, 2.45) is 7.05 Å². The second-order valence-corrected chi connectivity index (χ2v) is 5.84. The smallest absolute Gasteiger partial charge is 0.225 e. The highest BCUT2D eigenvalue weighted by atomic mass is 16.5. The van der Waals surface area contributed by atoms with Crippen LogP contribution < -0.4 is 10.1 Å². The summed E-state index contributed by atoms with van der Waals surface area (Å²) in [7, 11) is 3.54. The predicted octanol–water partition coefficient (Wildman–Crippen LogP) is 2.88. The van der Waals surface area contributed by atoms with Crippen molar-refractivity contribution in [2.75, 3.05) is 7.11 Å². The summed E-state index contributed by atoms with van der Waals surface area (Å²) in [6, 6.07) is 17.1. The Morgan fingerprint density at radius 1 is 1.20 bits per heavy atom. The molecule has 1 atom stereocenters. The summed E-state index contributed by atoms with van der Waals surface area (Å²) in [5.74, 6) is 1.48. The monoisotopic (exact) mass is 335 g/mol. The van der Waals surface area contributed by atoms with Gasteiger partial charge >= 0.3 is 0 Å². The van der Waals surface area contributed by atoms with Crippen LogP contribution in [-0.2, 0) is 18.3 Å². The molecule has 0 saturated carbocycles. The van der Waals surface area contributed by atoms with Gasteiger partial charge in [-0.15, -0.1) is 0 Å². The minimum absolute atomic E-state index is 0.0647. The van der Waals surface area contributed by atoms with E-state index in [-0.39, 0.29) is 18.4 Å². The Kier molecular flexibility index (Phi) is 5.14. The first-order valence-corrected chi connectivity index (χ1v) is 8.12. The zero-order valence-corrected chi connectivity index (χ0v) is 14.3. The maximum Gasteiger partial charge on any atom is 0.225 e. The third kappa shape index (κ3) is 4.07. The molecule has 0 aliphatic heterocycles. The highest BCUT2D eigenvalue weighted by molar-refractivity contribution is 5.79. The lowest BCUT2D eigenvalue weighted by atomic mass is 10.1. The number of ether oxygens (including phenoxy) is 1. The van der Waals surface area contributed by atoms with Crippen LogP contribution in [0.25, 0.3) is 0 Å². The zero-order valence-electron chi connectivity index (χ0n) is 14.3. The van der Waals surface area contributed by atoms with Crippen LogP contribution in [-0.4, -0.2) is 22.6 Å². The SMILES string of the molecule is COc1cccc(CC(=O)N[C@@H](c2ccccc2)c2nccn2C)c1. The number of amides is 1. The molecule has 0 spiro atoms. The van der Waals surface area contributed by atoms with Crippen molar-refractivity contribution in [2.45, 2.75) is 12.5 Å². The van der Waals surface area contributed by atoms with E-state index in [0.717, 1.165) is 22.7 Å². The van der Waals surface area contributed by atoms with Crippen molar-refractivity contribution in [3.63, 3.8) is 0 Å². The second kappa shape index (κ2) is 7.66. The van der Waals surface area contributed by atoms with Crippen molar-refractivity contribution in [3.05, 3.63) is 83.9 Å². The summed E-state index contributed by atoms with van der Waals surface area (Å²) in [4.78, 5) is 17.0. The topological polar surface area (TPSA) is 56.1 Å². The minimum Gasteiger partial charge on any atom is -0.497 e. The first kappa shape index (κ1) is 16.8. The second-order valence-electron chi connectivity index (χ2n) is 5.84. The van der Waals surface area contributed by atoms with Gasteiger partial charge in [-0.25, -0.2) is 4.98 Å². The van der Waals surface area contributed by atoms with Crippen LogP contribution in [0.4, 0.5) is 0 Å². The largest absolute Gasteiger partial charge is 0.497 e. The van der Waals surface area contributed by atoms with Crippen LogP contribution in [0.15, 0.2) is 67.0 Å². The molecule has 0 saturated heterocycles. The van der Waals surface area contributed by atoms with Gasteiger partial charge in [-0.05, 0) is 23.3 Å². The lowest BCUT2D eigenvalue weighted by Gasteiger charge is -2.19. The molecule has 3 rings (SSSR count). The zero-order chi connectivity index (χ0) is 17.6. The van der Waals surface area contributed by atoms with Crippen LogP contribution >= 0.6 is 0 Å². The van der Waals surface area contributed by atoms with Gasteiger partial charge in [-0.3, -0.25) is 4.79 Å². The molecule has 0 radical (unpaired) electrons.